The smallest absolute Gasteiger partial charge is 0.407 e. The van der Waals surface area contributed by atoms with Crippen molar-refractivity contribution in [2.75, 3.05) is 6.54 Å². The van der Waals surface area contributed by atoms with Crippen molar-refractivity contribution in [3.05, 3.63) is 35.9 Å². The fourth-order valence-corrected chi connectivity index (χ4v) is 1.76. The van der Waals surface area contributed by atoms with Crippen LogP contribution < -0.4 is 5.32 Å². The molecule has 0 aromatic heterocycles. The number of nitrogens with one attached hydrogen (secondary N) is 1. The van der Waals surface area contributed by atoms with E-state index in [2.05, 4.69) is 19.2 Å². The maximum Gasteiger partial charge on any atom is 0.407 e. The van der Waals surface area contributed by atoms with E-state index in [1.165, 1.54) is 0 Å². The van der Waals surface area contributed by atoms with Gasteiger partial charge in [0.25, 0.3) is 0 Å². The highest BCUT2D eigenvalue weighted by Crippen LogP contribution is 2.22. The molecule has 0 spiro atoms. The second kappa shape index (κ2) is 8.56. The van der Waals surface area contributed by atoms with E-state index in [1.54, 1.807) is 0 Å². The molecule has 18 heavy (non-hydrogen) atoms. The van der Waals surface area contributed by atoms with Gasteiger partial charge >= 0.3 is 6.09 Å². The minimum absolute atomic E-state index is 0.141. The third kappa shape index (κ3) is 5.21. The molecule has 1 atom stereocenters. The van der Waals surface area contributed by atoms with Gasteiger partial charge in [0.1, 0.15) is 6.10 Å². The third-order valence-corrected chi connectivity index (χ3v) is 2.77. The van der Waals surface area contributed by atoms with Crippen molar-refractivity contribution in [1.82, 2.24) is 5.32 Å². The Kier molecular flexibility index (Phi) is 6.92. The summed E-state index contributed by atoms with van der Waals surface area (Å²) in [6.07, 6.45) is 3.44. The van der Waals surface area contributed by atoms with Crippen LogP contribution in [0.1, 0.15) is 51.2 Å². The van der Waals surface area contributed by atoms with Gasteiger partial charge in [-0.2, -0.15) is 0 Å². The molecule has 0 aliphatic carbocycles. The highest BCUT2D eigenvalue weighted by Gasteiger charge is 2.14. The molecule has 1 aromatic rings. The number of carbonyl (C=O) groups is 1. The van der Waals surface area contributed by atoms with Gasteiger partial charge in [-0.15, -0.1) is 0 Å². The number of alkyl carbamates (subject to hydrolysis) is 1. The summed E-state index contributed by atoms with van der Waals surface area (Å²) in [5.74, 6) is 0. The normalized spacial score (nSPS) is 11.9. The zero-order valence-electron chi connectivity index (χ0n) is 11.3. The van der Waals surface area contributed by atoms with E-state index in [4.69, 9.17) is 4.74 Å². The molecule has 1 aromatic carbocycles. The highest BCUT2D eigenvalue weighted by molar-refractivity contribution is 5.67. The first-order chi connectivity index (χ1) is 8.77. The predicted molar refractivity (Wildman–Crippen MR) is 73.5 cm³/mol. The summed E-state index contributed by atoms with van der Waals surface area (Å²) in [7, 11) is 0. The van der Waals surface area contributed by atoms with E-state index in [0.29, 0.717) is 6.54 Å². The number of ether oxygens (including phenoxy) is 1. The Bertz CT molecular complexity index is 338. The second-order valence-electron chi connectivity index (χ2n) is 4.37. The molecule has 1 unspecified atom stereocenters. The molecule has 0 saturated carbocycles. The number of rotatable bonds is 7. The van der Waals surface area contributed by atoms with Crippen LogP contribution in [-0.4, -0.2) is 12.6 Å². The average molecular weight is 249 g/mol. The standard InChI is InChI=1S/C15H23NO2/c1-3-5-12-16-15(17)18-14(9-4-2)13-10-7-6-8-11-13/h6-8,10-11,14H,3-5,9,12H2,1-2H3,(H,16,17). The van der Waals surface area contributed by atoms with Crippen LogP contribution in [0.2, 0.25) is 0 Å². The van der Waals surface area contributed by atoms with Crippen molar-refractivity contribution in [1.29, 1.82) is 0 Å². The SMILES string of the molecule is CCCCNC(=O)OC(CCC)c1ccccc1. The molecule has 0 bridgehead atoms. The average Bonchev–Trinajstić information content (AvgIpc) is 2.39. The fourth-order valence-electron chi connectivity index (χ4n) is 1.76. The Morgan fingerprint density at radius 3 is 2.56 bits per heavy atom. The predicted octanol–water partition coefficient (Wildman–Crippen LogP) is 4.05. The Labute approximate surface area is 110 Å². The van der Waals surface area contributed by atoms with E-state index < -0.39 is 0 Å². The largest absolute Gasteiger partial charge is 0.441 e. The lowest BCUT2D eigenvalue weighted by atomic mass is 10.1. The first-order valence-corrected chi connectivity index (χ1v) is 6.77. The lowest BCUT2D eigenvalue weighted by Gasteiger charge is -2.18. The summed E-state index contributed by atoms with van der Waals surface area (Å²) < 4.78 is 5.47. The Balaban J connectivity index is 2.50. The van der Waals surface area contributed by atoms with Crippen LogP contribution in [0, 0.1) is 0 Å². The molecule has 0 fully saturated rings. The van der Waals surface area contributed by atoms with E-state index in [9.17, 15) is 4.79 Å². The van der Waals surface area contributed by atoms with E-state index in [1.807, 2.05) is 30.3 Å². The fraction of sp³-hybridized carbons (Fsp3) is 0.533. The van der Waals surface area contributed by atoms with E-state index >= 15 is 0 Å². The lowest BCUT2D eigenvalue weighted by molar-refractivity contribution is 0.0920. The van der Waals surface area contributed by atoms with Crippen LogP contribution in [-0.2, 0) is 4.74 Å². The molecule has 0 aliphatic heterocycles. The molecule has 100 valence electrons. The van der Waals surface area contributed by atoms with Crippen LogP contribution in [0.3, 0.4) is 0 Å². The molecule has 3 heteroatoms. The Morgan fingerprint density at radius 2 is 1.94 bits per heavy atom. The van der Waals surface area contributed by atoms with Gasteiger partial charge in [-0.25, -0.2) is 4.79 Å². The van der Waals surface area contributed by atoms with Crippen LogP contribution in [0.5, 0.6) is 0 Å². The second-order valence-corrected chi connectivity index (χ2v) is 4.37. The van der Waals surface area contributed by atoms with Crippen LogP contribution in [0.15, 0.2) is 30.3 Å². The molecule has 3 nitrogen and oxygen atoms in total. The Morgan fingerprint density at radius 1 is 1.22 bits per heavy atom. The number of amides is 1. The highest BCUT2D eigenvalue weighted by atomic mass is 16.6. The topological polar surface area (TPSA) is 38.3 Å². The molecule has 1 amide bonds. The molecule has 0 saturated heterocycles. The summed E-state index contributed by atoms with van der Waals surface area (Å²) in [6, 6.07) is 9.90. The van der Waals surface area contributed by atoms with Gasteiger partial charge in [0.2, 0.25) is 0 Å². The number of hydrogen-bond acceptors (Lipinski definition) is 2. The first kappa shape index (κ1) is 14.6. The quantitative estimate of drug-likeness (QED) is 0.740. The molecule has 0 radical (unpaired) electrons. The molecular weight excluding hydrogens is 226 g/mol. The van der Waals surface area contributed by atoms with Gasteiger partial charge in [0.05, 0.1) is 0 Å². The van der Waals surface area contributed by atoms with Crippen molar-refractivity contribution < 1.29 is 9.53 Å². The van der Waals surface area contributed by atoms with E-state index in [-0.39, 0.29) is 12.2 Å². The van der Waals surface area contributed by atoms with Crippen molar-refractivity contribution in [3.8, 4) is 0 Å². The molecule has 1 rings (SSSR count). The number of unbranched alkanes of at least 4 members (excludes halogenated alkanes) is 1. The minimum atomic E-state index is -0.314. The van der Waals surface area contributed by atoms with Gasteiger partial charge in [0, 0.05) is 6.54 Å². The number of carbonyl (C=O) groups excluding carboxylic acids is 1. The minimum Gasteiger partial charge on any atom is -0.441 e. The maximum absolute atomic E-state index is 11.6. The van der Waals surface area contributed by atoms with Gasteiger partial charge < -0.3 is 10.1 Å². The molecule has 0 aliphatic rings. The summed E-state index contributed by atoms with van der Waals surface area (Å²) in [5.41, 5.74) is 1.06. The van der Waals surface area contributed by atoms with Crippen molar-refractivity contribution in [2.24, 2.45) is 0 Å². The van der Waals surface area contributed by atoms with Crippen molar-refractivity contribution in [2.45, 2.75) is 45.6 Å². The third-order valence-electron chi connectivity index (χ3n) is 2.77. The summed E-state index contributed by atoms with van der Waals surface area (Å²) >= 11 is 0. The van der Waals surface area contributed by atoms with Crippen LogP contribution in [0.25, 0.3) is 0 Å². The van der Waals surface area contributed by atoms with Gasteiger partial charge in [0.15, 0.2) is 0 Å². The van der Waals surface area contributed by atoms with Gasteiger partial charge in [-0.1, -0.05) is 57.0 Å². The van der Waals surface area contributed by atoms with Crippen LogP contribution >= 0.6 is 0 Å². The van der Waals surface area contributed by atoms with Crippen molar-refractivity contribution in [3.63, 3.8) is 0 Å². The summed E-state index contributed by atoms with van der Waals surface area (Å²) in [4.78, 5) is 11.6. The first-order valence-electron chi connectivity index (χ1n) is 6.77. The summed E-state index contributed by atoms with van der Waals surface area (Å²) in [6.45, 7) is 4.87. The molecule has 0 heterocycles. The zero-order valence-corrected chi connectivity index (χ0v) is 11.3. The summed E-state index contributed by atoms with van der Waals surface area (Å²) in [5, 5.41) is 2.78. The zero-order chi connectivity index (χ0) is 13.2. The molecule has 1 N–H and O–H groups in total. The monoisotopic (exact) mass is 249 g/mol. The number of hydrogen-bond donors (Lipinski definition) is 1. The number of benzene rings is 1. The van der Waals surface area contributed by atoms with Gasteiger partial charge in [-0.3, -0.25) is 0 Å². The molecular formula is C15H23NO2. The van der Waals surface area contributed by atoms with Gasteiger partial charge in [-0.05, 0) is 18.4 Å². The van der Waals surface area contributed by atoms with Crippen LogP contribution in [0.4, 0.5) is 4.79 Å². The Hall–Kier alpha value is -1.51. The van der Waals surface area contributed by atoms with E-state index in [0.717, 1.165) is 31.2 Å². The lowest BCUT2D eigenvalue weighted by Crippen LogP contribution is -2.26. The maximum atomic E-state index is 11.6. The van der Waals surface area contributed by atoms with Crippen molar-refractivity contribution >= 4 is 6.09 Å².